The van der Waals surface area contributed by atoms with Crippen LogP contribution in [0.1, 0.15) is 16.1 Å². The van der Waals surface area contributed by atoms with Crippen LogP contribution in [-0.4, -0.2) is 30.9 Å². The van der Waals surface area contributed by atoms with Crippen molar-refractivity contribution >= 4 is 38.9 Å². The summed E-state index contributed by atoms with van der Waals surface area (Å²) < 4.78 is 68.7. The van der Waals surface area contributed by atoms with Gasteiger partial charge in [-0.15, -0.1) is 13.2 Å². The minimum atomic E-state index is -4.90. The second-order valence-corrected chi connectivity index (χ2v) is 8.21. The number of anilines is 2. The van der Waals surface area contributed by atoms with Crippen LogP contribution in [0, 0.1) is 6.92 Å². The Morgan fingerprint density at radius 3 is 2.45 bits per heavy atom. The number of ether oxygens (including phenoxy) is 1. The molecule has 0 atom stereocenters. The second kappa shape index (κ2) is 8.47. The van der Waals surface area contributed by atoms with Crippen molar-refractivity contribution in [1.82, 2.24) is 10.2 Å². The highest BCUT2D eigenvalue weighted by Gasteiger charge is 2.31. The first-order valence-corrected chi connectivity index (χ1v) is 10.3. The van der Waals surface area contributed by atoms with Crippen molar-refractivity contribution in [2.24, 2.45) is 0 Å². The van der Waals surface area contributed by atoms with Crippen molar-refractivity contribution in [3.8, 4) is 5.75 Å². The Kier molecular flexibility index (Phi) is 6.13. The van der Waals surface area contributed by atoms with Crippen LogP contribution < -0.4 is 14.8 Å². The van der Waals surface area contributed by atoms with Gasteiger partial charge < -0.3 is 10.1 Å². The number of nitrogens with zero attached hydrogens (tertiary/aromatic N) is 1. The fraction of sp³-hybridized carbons (Fsp3) is 0.111. The third-order valence-corrected chi connectivity index (χ3v) is 5.38. The number of benzene rings is 2. The fourth-order valence-electron chi connectivity index (χ4n) is 2.55. The molecule has 0 aliphatic carbocycles. The normalized spacial score (nSPS) is 11.8. The van der Waals surface area contributed by atoms with E-state index in [0.717, 1.165) is 12.1 Å². The van der Waals surface area contributed by atoms with Gasteiger partial charge in [-0.1, -0.05) is 17.7 Å². The zero-order chi connectivity index (χ0) is 22.8. The number of rotatable bonds is 6. The number of carbonyl (C=O) groups excluding carboxylic acids is 1. The minimum Gasteiger partial charge on any atom is -0.406 e. The standard InChI is InChI=1S/C18H14ClF3N4O4S/c1-10-15(16(27)23-13-3-2-4-14(9-13)30-18(20,21)22)17(25-24-10)31(28,29)26-12-7-5-11(19)6-8-12/h2-9,26H,1H3,(H,23,27)(H,24,25). The van der Waals surface area contributed by atoms with Crippen molar-refractivity contribution in [2.75, 3.05) is 10.0 Å². The topological polar surface area (TPSA) is 113 Å². The highest BCUT2D eigenvalue weighted by atomic mass is 35.5. The summed E-state index contributed by atoms with van der Waals surface area (Å²) in [5, 5.41) is 8.27. The Labute approximate surface area is 179 Å². The molecule has 2 aromatic carbocycles. The molecule has 8 nitrogen and oxygen atoms in total. The van der Waals surface area contributed by atoms with Gasteiger partial charge in [-0.05, 0) is 43.3 Å². The molecule has 3 N–H and O–H groups in total. The molecule has 164 valence electrons. The first-order valence-electron chi connectivity index (χ1n) is 8.45. The summed E-state index contributed by atoms with van der Waals surface area (Å²) in [6, 6.07) is 10.3. The molecule has 0 fully saturated rings. The van der Waals surface area contributed by atoms with Crippen LogP contribution in [0.3, 0.4) is 0 Å². The summed E-state index contributed by atoms with van der Waals surface area (Å²) in [6.45, 7) is 1.42. The quantitative estimate of drug-likeness (QED) is 0.492. The van der Waals surface area contributed by atoms with Crippen molar-refractivity contribution in [2.45, 2.75) is 18.3 Å². The molecule has 3 aromatic rings. The smallest absolute Gasteiger partial charge is 0.406 e. The number of aromatic nitrogens is 2. The molecule has 0 aliphatic rings. The molecular formula is C18H14ClF3N4O4S. The van der Waals surface area contributed by atoms with Crippen LogP contribution in [0.15, 0.2) is 53.6 Å². The summed E-state index contributed by atoms with van der Waals surface area (Å²) in [4.78, 5) is 12.7. The van der Waals surface area contributed by atoms with E-state index in [-0.39, 0.29) is 22.6 Å². The molecule has 0 bridgehead atoms. The van der Waals surface area contributed by atoms with Gasteiger partial charge in [0.15, 0.2) is 0 Å². The third-order valence-electron chi connectivity index (χ3n) is 3.82. The molecule has 1 aromatic heterocycles. The maximum absolute atomic E-state index is 12.7. The molecule has 0 spiro atoms. The first kappa shape index (κ1) is 22.4. The average Bonchev–Trinajstić information content (AvgIpc) is 3.05. The van der Waals surface area contributed by atoms with Gasteiger partial charge in [-0.25, -0.2) is 0 Å². The number of nitrogens with one attached hydrogen (secondary N) is 3. The lowest BCUT2D eigenvalue weighted by atomic mass is 10.2. The van der Waals surface area contributed by atoms with E-state index >= 15 is 0 Å². The van der Waals surface area contributed by atoms with Crippen molar-refractivity contribution < 1.29 is 31.1 Å². The number of alkyl halides is 3. The maximum atomic E-state index is 12.7. The highest BCUT2D eigenvalue weighted by Crippen LogP contribution is 2.26. The SMILES string of the molecule is Cc1[nH]nc(S(=O)(=O)Nc2ccc(Cl)cc2)c1C(=O)Nc1cccc(OC(F)(F)F)c1. The third kappa shape index (κ3) is 5.67. The van der Waals surface area contributed by atoms with E-state index in [1.54, 1.807) is 0 Å². The van der Waals surface area contributed by atoms with Gasteiger partial charge in [0.25, 0.3) is 15.9 Å². The predicted octanol–water partition coefficient (Wildman–Crippen LogP) is 4.32. The predicted molar refractivity (Wildman–Crippen MR) is 107 cm³/mol. The number of sulfonamides is 1. The van der Waals surface area contributed by atoms with E-state index in [1.165, 1.54) is 43.3 Å². The number of carbonyl (C=O) groups is 1. The summed E-state index contributed by atoms with van der Waals surface area (Å²) in [6.07, 6.45) is -4.90. The van der Waals surface area contributed by atoms with Gasteiger partial charge >= 0.3 is 6.36 Å². The molecule has 0 radical (unpaired) electrons. The molecule has 13 heteroatoms. The van der Waals surface area contributed by atoms with Crippen LogP contribution in [0.4, 0.5) is 24.5 Å². The van der Waals surface area contributed by atoms with Crippen molar-refractivity contribution in [3.63, 3.8) is 0 Å². The van der Waals surface area contributed by atoms with Crippen molar-refractivity contribution in [1.29, 1.82) is 0 Å². The van der Waals surface area contributed by atoms with Gasteiger partial charge in [-0.3, -0.25) is 14.6 Å². The van der Waals surface area contributed by atoms with Crippen LogP contribution in [0.25, 0.3) is 0 Å². The van der Waals surface area contributed by atoms with Crippen LogP contribution in [0.5, 0.6) is 5.75 Å². The largest absolute Gasteiger partial charge is 0.573 e. The molecule has 0 aliphatic heterocycles. The van der Waals surface area contributed by atoms with E-state index in [1.807, 2.05) is 0 Å². The number of H-pyrrole nitrogens is 1. The lowest BCUT2D eigenvalue weighted by Gasteiger charge is -2.11. The van der Waals surface area contributed by atoms with Crippen LogP contribution in [-0.2, 0) is 10.0 Å². The number of aromatic amines is 1. The van der Waals surface area contributed by atoms with Gasteiger partial charge in [0, 0.05) is 28.2 Å². The maximum Gasteiger partial charge on any atom is 0.573 e. The lowest BCUT2D eigenvalue weighted by Crippen LogP contribution is -2.20. The molecule has 1 amide bonds. The first-order chi connectivity index (χ1) is 14.4. The van der Waals surface area contributed by atoms with E-state index in [4.69, 9.17) is 11.6 Å². The van der Waals surface area contributed by atoms with Gasteiger partial charge in [-0.2, -0.15) is 13.5 Å². The zero-order valence-corrected chi connectivity index (χ0v) is 17.2. The number of halogens is 4. The van der Waals surface area contributed by atoms with Gasteiger partial charge in [0.2, 0.25) is 5.03 Å². The van der Waals surface area contributed by atoms with E-state index < -0.39 is 33.1 Å². The van der Waals surface area contributed by atoms with Crippen molar-refractivity contribution in [3.05, 3.63) is 64.8 Å². The fourth-order valence-corrected chi connectivity index (χ4v) is 3.90. The molecule has 1 heterocycles. The Bertz CT molecular complexity index is 1210. The summed E-state index contributed by atoms with van der Waals surface area (Å²) in [5.74, 6) is -1.45. The molecule has 0 saturated heterocycles. The summed E-state index contributed by atoms with van der Waals surface area (Å²) >= 11 is 5.77. The van der Waals surface area contributed by atoms with E-state index in [2.05, 4.69) is 25.0 Å². The molecule has 0 unspecified atom stereocenters. The van der Waals surface area contributed by atoms with Crippen LogP contribution in [0.2, 0.25) is 5.02 Å². The van der Waals surface area contributed by atoms with Crippen LogP contribution >= 0.6 is 11.6 Å². The number of aryl methyl sites for hydroxylation is 1. The minimum absolute atomic E-state index is 0.0404. The van der Waals surface area contributed by atoms with Gasteiger partial charge in [0.1, 0.15) is 11.3 Å². The molecule has 0 saturated carbocycles. The Balaban J connectivity index is 1.86. The number of hydrogen-bond donors (Lipinski definition) is 3. The Morgan fingerprint density at radius 2 is 1.81 bits per heavy atom. The zero-order valence-electron chi connectivity index (χ0n) is 15.6. The molecule has 3 rings (SSSR count). The number of hydrogen-bond acceptors (Lipinski definition) is 5. The van der Waals surface area contributed by atoms with E-state index in [9.17, 15) is 26.4 Å². The van der Waals surface area contributed by atoms with Gasteiger partial charge in [0.05, 0.1) is 0 Å². The summed E-state index contributed by atoms with van der Waals surface area (Å²) in [5.41, 5.74) is -0.0185. The Hall–Kier alpha value is -3.25. The van der Waals surface area contributed by atoms with E-state index in [0.29, 0.717) is 5.02 Å². The molecular weight excluding hydrogens is 461 g/mol. The molecule has 31 heavy (non-hydrogen) atoms. The average molecular weight is 475 g/mol. The lowest BCUT2D eigenvalue weighted by molar-refractivity contribution is -0.274. The Morgan fingerprint density at radius 1 is 1.13 bits per heavy atom. The second-order valence-electron chi connectivity index (χ2n) is 6.17. The monoisotopic (exact) mass is 474 g/mol. The number of amides is 1. The highest BCUT2D eigenvalue weighted by molar-refractivity contribution is 7.92. The summed E-state index contributed by atoms with van der Waals surface area (Å²) in [7, 11) is -4.28.